The number of hydrogen-bond acceptors (Lipinski definition) is 7. The lowest BCUT2D eigenvalue weighted by Crippen LogP contribution is -2.46. The van der Waals surface area contributed by atoms with Crippen molar-refractivity contribution in [2.24, 2.45) is 5.92 Å². The predicted octanol–water partition coefficient (Wildman–Crippen LogP) is -0.704. The first-order valence-electron chi connectivity index (χ1n) is 6.73. The topological polar surface area (TPSA) is 130 Å². The van der Waals surface area contributed by atoms with Crippen molar-refractivity contribution in [3.63, 3.8) is 0 Å². The molecule has 10 heteroatoms. The zero-order valence-electron chi connectivity index (χ0n) is 11.5. The fourth-order valence-electron chi connectivity index (χ4n) is 3.19. The Morgan fingerprint density at radius 3 is 2.82 bits per heavy atom. The van der Waals surface area contributed by atoms with Crippen molar-refractivity contribution in [2.45, 2.75) is 23.6 Å². The van der Waals surface area contributed by atoms with Gasteiger partial charge in [0.2, 0.25) is 5.95 Å². The monoisotopic (exact) mass is 340 g/mol. The molecule has 5 N–H and O–H groups in total. The molecule has 0 unspecified atom stereocenters. The van der Waals surface area contributed by atoms with Crippen molar-refractivity contribution in [1.29, 1.82) is 0 Å². The van der Waals surface area contributed by atoms with Gasteiger partial charge in [0.15, 0.2) is 10.8 Å². The van der Waals surface area contributed by atoms with Gasteiger partial charge in [-0.1, -0.05) is 11.6 Å². The molecule has 117 valence electrons. The number of imidazole rings is 1. The largest absolute Gasteiger partial charge is 0.396 e. The molecule has 1 fully saturated rings. The molecule has 2 heterocycles. The molecule has 8 nitrogen and oxygen atoms in total. The number of nitrogens with two attached hydrogens (primary N) is 1. The van der Waals surface area contributed by atoms with Crippen LogP contribution in [-0.4, -0.2) is 63.9 Å². The Morgan fingerprint density at radius 2 is 2.18 bits per heavy atom. The van der Waals surface area contributed by atoms with E-state index in [9.17, 15) is 15.3 Å². The van der Waals surface area contributed by atoms with Gasteiger partial charge in [0.1, 0.15) is 11.1 Å². The number of rotatable bonds is 3. The standard InChI is InChI=1S/C12H15ClN5O3Si/c13-9-8-10(17-11(14)16-9)18(4-15-8)7-1-6(22)5(2-19)12(7,21)3-20/h4-7,19-21H,1-3H2,(H2,14,16,17)/t5-,6+,7+,12+/m1/s1. The van der Waals surface area contributed by atoms with Crippen LogP contribution in [0.25, 0.3) is 11.2 Å². The number of nitrogen functional groups attached to an aromatic ring is 1. The van der Waals surface area contributed by atoms with Crippen molar-refractivity contribution in [2.75, 3.05) is 18.9 Å². The van der Waals surface area contributed by atoms with E-state index in [1.54, 1.807) is 4.57 Å². The Hall–Kier alpha value is -1.26. The summed E-state index contributed by atoms with van der Waals surface area (Å²) in [6, 6.07) is -0.535. The molecule has 2 aromatic rings. The fourth-order valence-corrected chi connectivity index (χ4v) is 4.03. The number of aliphatic hydroxyl groups is 3. The van der Waals surface area contributed by atoms with Gasteiger partial charge in [0.05, 0.1) is 19.0 Å². The average molecular weight is 341 g/mol. The van der Waals surface area contributed by atoms with E-state index in [2.05, 4.69) is 25.2 Å². The number of aliphatic hydroxyl groups excluding tert-OH is 2. The number of hydrogen-bond donors (Lipinski definition) is 4. The summed E-state index contributed by atoms with van der Waals surface area (Å²) in [4.78, 5) is 12.1. The summed E-state index contributed by atoms with van der Waals surface area (Å²) in [5.74, 6) is -0.523. The van der Waals surface area contributed by atoms with Crippen LogP contribution >= 0.6 is 11.6 Å². The zero-order chi connectivity index (χ0) is 16.1. The first-order chi connectivity index (χ1) is 10.4. The molecule has 1 aliphatic rings. The molecule has 3 radical (unpaired) electrons. The van der Waals surface area contributed by atoms with E-state index in [0.717, 1.165) is 0 Å². The Morgan fingerprint density at radius 1 is 1.45 bits per heavy atom. The van der Waals surface area contributed by atoms with Gasteiger partial charge in [-0.2, -0.15) is 9.97 Å². The number of aromatic nitrogens is 4. The third-order valence-corrected chi connectivity index (χ3v) is 5.27. The number of fused-ring (bicyclic) bond motifs is 1. The molecule has 0 aliphatic heterocycles. The maximum absolute atomic E-state index is 10.9. The molecule has 0 saturated heterocycles. The molecule has 1 aliphatic carbocycles. The van der Waals surface area contributed by atoms with E-state index in [1.165, 1.54) is 6.33 Å². The van der Waals surface area contributed by atoms with Crippen LogP contribution < -0.4 is 5.73 Å². The molecule has 3 rings (SSSR count). The highest BCUT2D eigenvalue weighted by Gasteiger charge is 2.53. The van der Waals surface area contributed by atoms with Gasteiger partial charge in [0, 0.05) is 22.8 Å². The van der Waals surface area contributed by atoms with E-state index in [0.29, 0.717) is 17.6 Å². The first kappa shape index (κ1) is 15.6. The van der Waals surface area contributed by atoms with Gasteiger partial charge in [0.25, 0.3) is 0 Å². The van der Waals surface area contributed by atoms with Gasteiger partial charge in [-0.25, -0.2) is 4.98 Å². The molecule has 0 bridgehead atoms. The first-order valence-corrected chi connectivity index (χ1v) is 7.68. The van der Waals surface area contributed by atoms with E-state index >= 15 is 0 Å². The molecular formula is C12H15ClN5O3Si. The third kappa shape index (κ3) is 2.12. The Labute approximate surface area is 134 Å². The summed E-state index contributed by atoms with van der Waals surface area (Å²) < 4.78 is 1.62. The highest BCUT2D eigenvalue weighted by molar-refractivity contribution is 6.33. The van der Waals surface area contributed by atoms with Crippen LogP contribution in [0.2, 0.25) is 10.7 Å². The average Bonchev–Trinajstić information content (AvgIpc) is 2.98. The number of nitrogens with zero attached hydrogens (tertiary/aromatic N) is 4. The lowest BCUT2D eigenvalue weighted by molar-refractivity contribution is -0.0833. The maximum Gasteiger partial charge on any atom is 0.223 e. The summed E-state index contributed by atoms with van der Waals surface area (Å²) in [6.45, 7) is -0.760. The van der Waals surface area contributed by atoms with Crippen LogP contribution in [0.1, 0.15) is 12.5 Å². The molecule has 0 amide bonds. The van der Waals surface area contributed by atoms with Crippen LogP contribution in [0.15, 0.2) is 6.33 Å². The van der Waals surface area contributed by atoms with Crippen LogP contribution in [0.5, 0.6) is 0 Å². The Bertz CT molecular complexity index is 713. The van der Waals surface area contributed by atoms with Gasteiger partial charge in [-0.3, -0.25) is 0 Å². The number of halogens is 1. The Balaban J connectivity index is 2.15. The molecule has 22 heavy (non-hydrogen) atoms. The molecule has 4 atom stereocenters. The van der Waals surface area contributed by atoms with Crippen molar-refractivity contribution in [1.82, 2.24) is 19.5 Å². The summed E-state index contributed by atoms with van der Waals surface area (Å²) in [7, 11) is 3.51. The normalized spacial score (nSPS) is 32.0. The highest BCUT2D eigenvalue weighted by atomic mass is 35.5. The zero-order valence-corrected chi connectivity index (χ0v) is 13.3. The summed E-state index contributed by atoms with van der Waals surface area (Å²) in [5.41, 5.74) is 4.69. The highest BCUT2D eigenvalue weighted by Crippen LogP contribution is 2.49. The quantitative estimate of drug-likeness (QED) is 0.429. The van der Waals surface area contributed by atoms with Gasteiger partial charge < -0.3 is 25.6 Å². The van der Waals surface area contributed by atoms with Crippen molar-refractivity contribution in [3.8, 4) is 0 Å². The van der Waals surface area contributed by atoms with E-state index < -0.39 is 24.2 Å². The lowest BCUT2D eigenvalue weighted by Gasteiger charge is -2.34. The smallest absolute Gasteiger partial charge is 0.223 e. The third-order valence-electron chi connectivity index (χ3n) is 4.36. The number of anilines is 1. The predicted molar refractivity (Wildman–Crippen MR) is 80.5 cm³/mol. The van der Waals surface area contributed by atoms with Crippen molar-refractivity contribution >= 4 is 39.0 Å². The van der Waals surface area contributed by atoms with Crippen molar-refractivity contribution in [3.05, 3.63) is 11.5 Å². The minimum Gasteiger partial charge on any atom is -0.396 e. The van der Waals surface area contributed by atoms with Crippen LogP contribution in [0, 0.1) is 5.92 Å². The van der Waals surface area contributed by atoms with Gasteiger partial charge in [-0.05, 0) is 12.0 Å². The fraction of sp³-hybridized carbons (Fsp3) is 0.583. The van der Waals surface area contributed by atoms with Gasteiger partial charge >= 0.3 is 0 Å². The second-order valence-electron chi connectivity index (χ2n) is 5.49. The van der Waals surface area contributed by atoms with Crippen LogP contribution in [0.4, 0.5) is 5.95 Å². The summed E-state index contributed by atoms with van der Waals surface area (Å²) >= 11 is 6.00. The van der Waals surface area contributed by atoms with Gasteiger partial charge in [-0.15, -0.1) is 0 Å². The van der Waals surface area contributed by atoms with Crippen LogP contribution in [0.3, 0.4) is 0 Å². The van der Waals surface area contributed by atoms with Crippen molar-refractivity contribution < 1.29 is 15.3 Å². The molecule has 1 saturated carbocycles. The lowest BCUT2D eigenvalue weighted by atomic mass is 9.89. The van der Waals surface area contributed by atoms with Crippen LogP contribution in [-0.2, 0) is 0 Å². The van der Waals surface area contributed by atoms with E-state index in [4.69, 9.17) is 17.3 Å². The minimum atomic E-state index is -1.51. The molecule has 2 aromatic heterocycles. The minimum absolute atomic E-state index is 0.00147. The molecular weight excluding hydrogens is 326 g/mol. The van der Waals surface area contributed by atoms with E-state index in [-0.39, 0.29) is 23.2 Å². The second-order valence-corrected chi connectivity index (χ2v) is 6.59. The Kier molecular flexibility index (Phi) is 3.85. The second kappa shape index (κ2) is 5.43. The summed E-state index contributed by atoms with van der Waals surface area (Å²) in [5, 5.41) is 30.2. The molecule has 0 aromatic carbocycles. The molecule has 0 spiro atoms. The van der Waals surface area contributed by atoms with E-state index in [1.807, 2.05) is 0 Å². The maximum atomic E-state index is 10.9. The SMILES string of the molecule is Nc1nc(Cl)c2ncn([C@H]3C[C@H]([Si])[C@@H](CO)[C@@]3(O)CO)c2n1. The summed E-state index contributed by atoms with van der Waals surface area (Å²) in [6.07, 6.45) is 1.96.